The molecule has 0 saturated carbocycles. The van der Waals surface area contributed by atoms with Gasteiger partial charge in [-0.3, -0.25) is 14.2 Å². The summed E-state index contributed by atoms with van der Waals surface area (Å²) in [6.45, 7) is 0.228. The Bertz CT molecular complexity index is 1180. The zero-order valence-corrected chi connectivity index (χ0v) is 16.8. The van der Waals surface area contributed by atoms with E-state index in [2.05, 4.69) is 9.97 Å². The minimum absolute atomic E-state index is 0.116. The molecule has 4 rings (SSSR count). The molecule has 0 spiro atoms. The van der Waals surface area contributed by atoms with E-state index in [-0.39, 0.29) is 24.5 Å². The van der Waals surface area contributed by atoms with Crippen LogP contribution < -0.4 is 5.56 Å². The maximum atomic E-state index is 12.9. The van der Waals surface area contributed by atoms with Gasteiger partial charge in [-0.05, 0) is 24.3 Å². The molecule has 142 valence electrons. The number of rotatable bonds is 6. The van der Waals surface area contributed by atoms with E-state index in [0.29, 0.717) is 21.8 Å². The minimum atomic E-state index is -0.359. The molecule has 0 radical (unpaired) electrons. The van der Waals surface area contributed by atoms with Crippen LogP contribution in [0.2, 0.25) is 0 Å². The fourth-order valence-corrected chi connectivity index (χ4v) is 4.85. The summed E-state index contributed by atoms with van der Waals surface area (Å²) >= 11 is 3.08. The molecule has 6 nitrogen and oxygen atoms in total. The third kappa shape index (κ3) is 3.79. The van der Waals surface area contributed by atoms with E-state index in [1.54, 1.807) is 22.0 Å². The van der Waals surface area contributed by atoms with Crippen LogP contribution in [0.5, 0.6) is 0 Å². The van der Waals surface area contributed by atoms with Crippen LogP contribution in [0, 0.1) is 0 Å². The number of carbonyl (C=O) groups is 1. The highest BCUT2D eigenvalue weighted by molar-refractivity contribution is 7.98. The van der Waals surface area contributed by atoms with Gasteiger partial charge in [0.25, 0.3) is 5.56 Å². The molecule has 8 heteroatoms. The van der Waals surface area contributed by atoms with Crippen molar-refractivity contribution in [2.24, 2.45) is 0 Å². The number of aromatic nitrogens is 3. The Labute approximate surface area is 169 Å². The van der Waals surface area contributed by atoms with Crippen molar-refractivity contribution in [1.82, 2.24) is 14.5 Å². The van der Waals surface area contributed by atoms with E-state index in [9.17, 15) is 9.59 Å². The smallest absolute Gasteiger partial charge is 0.307 e. The molecule has 0 fully saturated rings. The van der Waals surface area contributed by atoms with Gasteiger partial charge in [-0.25, -0.2) is 9.97 Å². The van der Waals surface area contributed by atoms with Crippen LogP contribution >= 0.6 is 23.1 Å². The Morgan fingerprint density at radius 1 is 1.11 bits per heavy atom. The molecule has 0 saturated heterocycles. The largest absolute Gasteiger partial charge is 0.469 e. The van der Waals surface area contributed by atoms with E-state index >= 15 is 0 Å². The number of hydrogen-bond donors (Lipinski definition) is 0. The minimum Gasteiger partial charge on any atom is -0.469 e. The Morgan fingerprint density at radius 2 is 1.86 bits per heavy atom. The third-order valence-electron chi connectivity index (χ3n) is 4.26. The van der Waals surface area contributed by atoms with Gasteiger partial charge in [0.15, 0.2) is 5.16 Å². The van der Waals surface area contributed by atoms with Crippen molar-refractivity contribution >= 4 is 50.2 Å². The molecule has 0 aliphatic rings. The molecule has 4 aromatic rings. The Hall–Kier alpha value is -2.71. The van der Waals surface area contributed by atoms with Gasteiger partial charge in [-0.2, -0.15) is 0 Å². The summed E-state index contributed by atoms with van der Waals surface area (Å²) in [7, 11) is 1.34. The number of methoxy groups -OCH3 is 1. The van der Waals surface area contributed by atoms with Crippen LogP contribution in [0.1, 0.15) is 11.4 Å². The second-order valence-electron chi connectivity index (χ2n) is 6.06. The van der Waals surface area contributed by atoms with Crippen molar-refractivity contribution in [2.75, 3.05) is 7.11 Å². The molecule has 2 heterocycles. The van der Waals surface area contributed by atoms with Gasteiger partial charge in [0.1, 0.15) is 5.01 Å². The molecule has 0 atom stereocenters. The van der Waals surface area contributed by atoms with Crippen molar-refractivity contribution < 1.29 is 9.53 Å². The number of hydrogen-bond acceptors (Lipinski definition) is 7. The predicted molar refractivity (Wildman–Crippen MR) is 112 cm³/mol. The number of carbonyl (C=O) groups excluding carboxylic acids is 1. The Morgan fingerprint density at radius 3 is 2.64 bits per heavy atom. The lowest BCUT2D eigenvalue weighted by Gasteiger charge is -2.12. The number of fused-ring (bicyclic) bond motifs is 2. The van der Waals surface area contributed by atoms with Crippen molar-refractivity contribution in [3.63, 3.8) is 0 Å². The number of esters is 1. The van der Waals surface area contributed by atoms with Crippen molar-refractivity contribution in [2.45, 2.75) is 23.9 Å². The van der Waals surface area contributed by atoms with Gasteiger partial charge in [0.05, 0.1) is 40.4 Å². The highest BCUT2D eigenvalue weighted by Gasteiger charge is 2.14. The van der Waals surface area contributed by atoms with E-state index in [0.717, 1.165) is 15.2 Å². The standard InChI is InChI=1S/C20H17N3O3S2/c1-26-18(24)10-11-23-19(25)13-6-2-3-7-14(13)22-20(23)27-12-17-21-15-8-4-5-9-16(15)28-17/h2-9H,10-12H2,1H3. The first-order valence-corrected chi connectivity index (χ1v) is 10.5. The normalized spacial score (nSPS) is 11.2. The van der Waals surface area contributed by atoms with E-state index in [4.69, 9.17) is 4.74 Å². The lowest BCUT2D eigenvalue weighted by Crippen LogP contribution is -2.24. The van der Waals surface area contributed by atoms with Crippen LogP contribution in [0.4, 0.5) is 0 Å². The average Bonchev–Trinajstić information content (AvgIpc) is 3.14. The fraction of sp³-hybridized carbons (Fsp3) is 0.200. The lowest BCUT2D eigenvalue weighted by molar-refractivity contribution is -0.140. The first-order chi connectivity index (χ1) is 13.7. The van der Waals surface area contributed by atoms with E-state index < -0.39 is 0 Å². The summed E-state index contributed by atoms with van der Waals surface area (Å²) < 4.78 is 7.40. The molecular weight excluding hydrogens is 394 g/mol. The van der Waals surface area contributed by atoms with Crippen LogP contribution in [0.15, 0.2) is 58.5 Å². The molecule has 0 N–H and O–H groups in total. The monoisotopic (exact) mass is 411 g/mol. The molecule has 0 bridgehead atoms. The van der Waals surface area contributed by atoms with Gasteiger partial charge in [-0.15, -0.1) is 11.3 Å². The maximum Gasteiger partial charge on any atom is 0.307 e. The Kier molecular flexibility index (Phi) is 5.40. The molecule has 0 amide bonds. The van der Waals surface area contributed by atoms with Gasteiger partial charge >= 0.3 is 5.97 Å². The number of nitrogens with zero attached hydrogens (tertiary/aromatic N) is 3. The molecule has 0 unspecified atom stereocenters. The predicted octanol–water partition coefficient (Wildman–Crippen LogP) is 3.86. The number of thioether (sulfide) groups is 1. The number of benzene rings is 2. The van der Waals surface area contributed by atoms with Gasteiger partial charge in [0.2, 0.25) is 0 Å². The number of para-hydroxylation sites is 2. The van der Waals surface area contributed by atoms with Crippen LogP contribution in [-0.4, -0.2) is 27.6 Å². The van der Waals surface area contributed by atoms with Gasteiger partial charge < -0.3 is 4.74 Å². The summed E-state index contributed by atoms with van der Waals surface area (Å²) in [5.41, 5.74) is 1.47. The van der Waals surface area contributed by atoms with E-state index in [1.807, 2.05) is 42.5 Å². The first kappa shape index (κ1) is 18.6. The molecular formula is C20H17N3O3S2. The zero-order valence-electron chi connectivity index (χ0n) is 15.1. The average molecular weight is 412 g/mol. The van der Waals surface area contributed by atoms with Gasteiger partial charge in [-0.1, -0.05) is 36.0 Å². The SMILES string of the molecule is COC(=O)CCn1c(SCc2nc3ccccc3s2)nc2ccccc2c1=O. The fourth-order valence-electron chi connectivity index (χ4n) is 2.87. The van der Waals surface area contributed by atoms with Crippen LogP contribution in [0.25, 0.3) is 21.1 Å². The van der Waals surface area contributed by atoms with Crippen molar-refractivity contribution in [1.29, 1.82) is 0 Å². The highest BCUT2D eigenvalue weighted by atomic mass is 32.2. The third-order valence-corrected chi connectivity index (χ3v) is 6.46. The molecule has 28 heavy (non-hydrogen) atoms. The lowest BCUT2D eigenvalue weighted by atomic mass is 10.2. The van der Waals surface area contributed by atoms with Crippen LogP contribution in [0.3, 0.4) is 0 Å². The number of ether oxygens (including phenoxy) is 1. The van der Waals surface area contributed by atoms with E-state index in [1.165, 1.54) is 18.9 Å². The van der Waals surface area contributed by atoms with Crippen LogP contribution in [-0.2, 0) is 21.8 Å². The summed E-state index contributed by atoms with van der Waals surface area (Å²) in [4.78, 5) is 33.8. The first-order valence-electron chi connectivity index (χ1n) is 8.69. The van der Waals surface area contributed by atoms with Crippen molar-refractivity contribution in [3.05, 3.63) is 63.9 Å². The second-order valence-corrected chi connectivity index (χ2v) is 8.12. The zero-order chi connectivity index (χ0) is 19.5. The molecule has 0 aliphatic carbocycles. The summed E-state index contributed by atoms with van der Waals surface area (Å²) in [5, 5.41) is 2.08. The summed E-state index contributed by atoms with van der Waals surface area (Å²) in [5.74, 6) is 0.240. The van der Waals surface area contributed by atoms with Gasteiger partial charge in [0, 0.05) is 6.54 Å². The second kappa shape index (κ2) is 8.12. The Balaban J connectivity index is 1.67. The molecule has 0 aliphatic heterocycles. The molecule has 2 aromatic heterocycles. The quantitative estimate of drug-likeness (QED) is 0.272. The highest BCUT2D eigenvalue weighted by Crippen LogP contribution is 2.28. The summed E-state index contributed by atoms with van der Waals surface area (Å²) in [6, 6.07) is 15.2. The molecule has 2 aromatic carbocycles. The number of thiazole rings is 1. The topological polar surface area (TPSA) is 74.1 Å². The summed E-state index contributed by atoms with van der Waals surface area (Å²) in [6.07, 6.45) is 0.116. The maximum absolute atomic E-state index is 12.9. The van der Waals surface area contributed by atoms with Crippen molar-refractivity contribution in [3.8, 4) is 0 Å².